The molecule has 0 saturated carbocycles. The molecule has 0 radical (unpaired) electrons. The molecule has 4 heteroatoms. The van der Waals surface area contributed by atoms with E-state index in [0.717, 1.165) is 12.0 Å². The van der Waals surface area contributed by atoms with Crippen molar-refractivity contribution in [2.75, 3.05) is 13.7 Å². The maximum atomic E-state index is 12.7. The van der Waals surface area contributed by atoms with Gasteiger partial charge in [-0.1, -0.05) is 32.0 Å². The third-order valence-electron chi connectivity index (χ3n) is 3.80. The SMILES string of the molecule is COC(=O)C1CCCN1C(=O)c1ccccc1C(C)C. The number of methoxy groups -OCH3 is 1. The zero-order valence-electron chi connectivity index (χ0n) is 12.3. The molecule has 1 unspecified atom stereocenters. The van der Waals surface area contributed by atoms with Crippen LogP contribution in [-0.4, -0.2) is 36.5 Å². The lowest BCUT2D eigenvalue weighted by atomic mass is 9.96. The van der Waals surface area contributed by atoms with Gasteiger partial charge in [0.1, 0.15) is 6.04 Å². The Hall–Kier alpha value is -1.84. The van der Waals surface area contributed by atoms with Gasteiger partial charge in [-0.25, -0.2) is 4.79 Å². The van der Waals surface area contributed by atoms with Crippen LogP contribution in [0.3, 0.4) is 0 Å². The second kappa shape index (κ2) is 6.07. The van der Waals surface area contributed by atoms with Gasteiger partial charge in [0.15, 0.2) is 0 Å². The van der Waals surface area contributed by atoms with E-state index in [1.807, 2.05) is 24.3 Å². The highest BCUT2D eigenvalue weighted by atomic mass is 16.5. The van der Waals surface area contributed by atoms with Crippen LogP contribution in [0.15, 0.2) is 24.3 Å². The standard InChI is InChI=1S/C16H21NO3/c1-11(2)12-7-4-5-8-13(12)15(18)17-10-6-9-14(17)16(19)20-3/h4-5,7-8,11,14H,6,9-10H2,1-3H3. The van der Waals surface area contributed by atoms with E-state index >= 15 is 0 Å². The Morgan fingerprint density at radius 2 is 2.00 bits per heavy atom. The van der Waals surface area contributed by atoms with Crippen LogP contribution in [-0.2, 0) is 9.53 Å². The second-order valence-corrected chi connectivity index (χ2v) is 5.42. The molecule has 1 amide bonds. The van der Waals surface area contributed by atoms with Gasteiger partial charge in [-0.15, -0.1) is 0 Å². The molecule has 1 atom stereocenters. The number of nitrogens with zero attached hydrogens (tertiary/aromatic N) is 1. The van der Waals surface area contributed by atoms with Gasteiger partial charge in [0.2, 0.25) is 0 Å². The third kappa shape index (κ3) is 2.69. The fourth-order valence-corrected chi connectivity index (χ4v) is 2.74. The molecule has 0 spiro atoms. The summed E-state index contributed by atoms with van der Waals surface area (Å²) < 4.78 is 4.80. The molecular formula is C16H21NO3. The monoisotopic (exact) mass is 275 g/mol. The lowest BCUT2D eigenvalue weighted by Gasteiger charge is -2.24. The molecule has 0 bridgehead atoms. The Labute approximate surface area is 119 Å². The highest BCUT2D eigenvalue weighted by Crippen LogP contribution is 2.25. The van der Waals surface area contributed by atoms with Crippen molar-refractivity contribution in [3.63, 3.8) is 0 Å². The average Bonchev–Trinajstić information content (AvgIpc) is 2.95. The zero-order chi connectivity index (χ0) is 14.7. The van der Waals surface area contributed by atoms with Crippen molar-refractivity contribution in [1.29, 1.82) is 0 Å². The topological polar surface area (TPSA) is 46.6 Å². The summed E-state index contributed by atoms with van der Waals surface area (Å²) in [6.07, 6.45) is 1.53. The highest BCUT2D eigenvalue weighted by Gasteiger charge is 2.35. The van der Waals surface area contributed by atoms with E-state index in [1.54, 1.807) is 4.90 Å². The Morgan fingerprint density at radius 3 is 2.65 bits per heavy atom. The van der Waals surface area contributed by atoms with E-state index in [2.05, 4.69) is 13.8 Å². The summed E-state index contributed by atoms with van der Waals surface area (Å²) in [6.45, 7) is 4.74. The first-order chi connectivity index (χ1) is 9.56. The number of esters is 1. The van der Waals surface area contributed by atoms with E-state index in [1.165, 1.54) is 7.11 Å². The minimum absolute atomic E-state index is 0.0674. The van der Waals surface area contributed by atoms with Crippen LogP contribution in [0.5, 0.6) is 0 Å². The summed E-state index contributed by atoms with van der Waals surface area (Å²) in [5.41, 5.74) is 1.71. The number of carbonyl (C=O) groups excluding carboxylic acids is 2. The Bertz CT molecular complexity index is 510. The van der Waals surface area contributed by atoms with Gasteiger partial charge in [0.25, 0.3) is 5.91 Å². The van der Waals surface area contributed by atoms with Gasteiger partial charge in [-0.05, 0) is 30.4 Å². The number of rotatable bonds is 3. The first-order valence-corrected chi connectivity index (χ1v) is 7.04. The average molecular weight is 275 g/mol. The molecule has 1 aromatic rings. The Kier molecular flexibility index (Phi) is 4.42. The van der Waals surface area contributed by atoms with Crippen molar-refractivity contribution in [1.82, 2.24) is 4.90 Å². The molecule has 108 valence electrons. The summed E-state index contributed by atoms with van der Waals surface area (Å²) in [7, 11) is 1.37. The molecule has 0 aromatic heterocycles. The third-order valence-corrected chi connectivity index (χ3v) is 3.80. The number of hydrogen-bond acceptors (Lipinski definition) is 3. The maximum absolute atomic E-state index is 12.7. The summed E-state index contributed by atoms with van der Waals surface area (Å²) >= 11 is 0. The van der Waals surface area contributed by atoms with Gasteiger partial charge in [-0.3, -0.25) is 4.79 Å². The quantitative estimate of drug-likeness (QED) is 0.797. The Balaban J connectivity index is 2.29. The zero-order valence-corrected chi connectivity index (χ0v) is 12.3. The molecule has 1 aliphatic rings. The number of hydrogen-bond donors (Lipinski definition) is 0. The van der Waals surface area contributed by atoms with Crippen LogP contribution in [0.25, 0.3) is 0 Å². The van der Waals surface area contributed by atoms with Crippen molar-refractivity contribution in [2.45, 2.75) is 38.6 Å². The van der Waals surface area contributed by atoms with Crippen molar-refractivity contribution < 1.29 is 14.3 Å². The minimum atomic E-state index is -0.437. The first-order valence-electron chi connectivity index (χ1n) is 7.04. The van der Waals surface area contributed by atoms with Crippen LogP contribution >= 0.6 is 0 Å². The lowest BCUT2D eigenvalue weighted by Crippen LogP contribution is -2.41. The minimum Gasteiger partial charge on any atom is -0.467 e. The lowest BCUT2D eigenvalue weighted by molar-refractivity contribution is -0.145. The van der Waals surface area contributed by atoms with E-state index in [0.29, 0.717) is 18.5 Å². The highest BCUT2D eigenvalue weighted by molar-refractivity contribution is 5.98. The molecule has 4 nitrogen and oxygen atoms in total. The predicted octanol–water partition coefficient (Wildman–Crippen LogP) is 2.59. The molecule has 1 fully saturated rings. The molecular weight excluding hydrogens is 254 g/mol. The second-order valence-electron chi connectivity index (χ2n) is 5.42. The van der Waals surface area contributed by atoms with Gasteiger partial charge in [0.05, 0.1) is 7.11 Å². The maximum Gasteiger partial charge on any atom is 0.328 e. The van der Waals surface area contributed by atoms with Gasteiger partial charge >= 0.3 is 5.97 Å². The number of carbonyl (C=O) groups is 2. The smallest absolute Gasteiger partial charge is 0.328 e. The normalized spacial score (nSPS) is 18.4. The van der Waals surface area contributed by atoms with E-state index < -0.39 is 6.04 Å². The van der Waals surface area contributed by atoms with E-state index in [-0.39, 0.29) is 17.8 Å². The number of ether oxygens (including phenoxy) is 1. The van der Waals surface area contributed by atoms with Crippen LogP contribution in [0.1, 0.15) is 48.5 Å². The predicted molar refractivity (Wildman–Crippen MR) is 76.6 cm³/mol. The van der Waals surface area contributed by atoms with Gasteiger partial charge < -0.3 is 9.64 Å². The fourth-order valence-electron chi connectivity index (χ4n) is 2.74. The number of benzene rings is 1. The molecule has 1 aromatic carbocycles. The van der Waals surface area contributed by atoms with Crippen LogP contribution in [0, 0.1) is 0 Å². The van der Waals surface area contributed by atoms with E-state index in [4.69, 9.17) is 4.74 Å². The van der Waals surface area contributed by atoms with Crippen LogP contribution in [0.2, 0.25) is 0 Å². The molecule has 1 aliphatic heterocycles. The fraction of sp³-hybridized carbons (Fsp3) is 0.500. The largest absolute Gasteiger partial charge is 0.467 e. The molecule has 1 saturated heterocycles. The van der Waals surface area contributed by atoms with Crippen molar-refractivity contribution in [3.05, 3.63) is 35.4 Å². The van der Waals surface area contributed by atoms with Gasteiger partial charge in [-0.2, -0.15) is 0 Å². The molecule has 1 heterocycles. The van der Waals surface area contributed by atoms with Crippen molar-refractivity contribution in [3.8, 4) is 0 Å². The number of likely N-dealkylation sites (tertiary alicyclic amines) is 1. The van der Waals surface area contributed by atoms with Crippen molar-refractivity contribution >= 4 is 11.9 Å². The summed E-state index contributed by atoms with van der Waals surface area (Å²) in [4.78, 5) is 26.1. The first kappa shape index (κ1) is 14.6. The van der Waals surface area contributed by atoms with E-state index in [9.17, 15) is 9.59 Å². The summed E-state index contributed by atoms with van der Waals surface area (Å²) in [5.74, 6) is -0.116. The molecule has 0 N–H and O–H groups in total. The molecule has 20 heavy (non-hydrogen) atoms. The Morgan fingerprint density at radius 1 is 1.30 bits per heavy atom. The molecule has 0 aliphatic carbocycles. The van der Waals surface area contributed by atoms with Gasteiger partial charge in [0, 0.05) is 12.1 Å². The van der Waals surface area contributed by atoms with Crippen LogP contribution in [0.4, 0.5) is 0 Å². The summed E-state index contributed by atoms with van der Waals surface area (Å²) in [6, 6.07) is 7.18. The number of amides is 1. The summed E-state index contributed by atoms with van der Waals surface area (Å²) in [5, 5.41) is 0. The van der Waals surface area contributed by atoms with Crippen LogP contribution < -0.4 is 0 Å². The van der Waals surface area contributed by atoms with Crippen molar-refractivity contribution in [2.24, 2.45) is 0 Å². The molecule has 2 rings (SSSR count).